The van der Waals surface area contributed by atoms with Crippen LogP contribution in [0.5, 0.6) is 0 Å². The van der Waals surface area contributed by atoms with E-state index in [2.05, 4.69) is 0 Å². The van der Waals surface area contributed by atoms with Gasteiger partial charge in [-0.05, 0) is 13.8 Å². The molecule has 2 unspecified atom stereocenters. The normalized spacial score (nSPS) is 42.3. The van der Waals surface area contributed by atoms with Gasteiger partial charge in [0.15, 0.2) is 5.79 Å². The van der Waals surface area contributed by atoms with Crippen LogP contribution in [0.1, 0.15) is 39.5 Å². The van der Waals surface area contributed by atoms with Crippen molar-refractivity contribution in [1.82, 2.24) is 0 Å². The van der Waals surface area contributed by atoms with Crippen LogP contribution >= 0.6 is 0 Å². The van der Waals surface area contributed by atoms with Gasteiger partial charge in [0.2, 0.25) is 0 Å². The largest absolute Gasteiger partial charge is 0.346 e. The van der Waals surface area contributed by atoms with Crippen LogP contribution in [-0.4, -0.2) is 29.6 Å². The predicted molar refractivity (Wildman–Crippen MR) is 52.3 cm³/mol. The molecule has 2 rings (SSSR count). The number of Topliss-reactive ketones (excluding diaryl/α,β-unsaturated/α-hetero) is 2. The fraction of sp³-hybridized carbons (Fsp3) is 0.818. The molecule has 0 saturated carbocycles. The van der Waals surface area contributed by atoms with E-state index in [4.69, 9.17) is 9.47 Å². The Morgan fingerprint density at radius 1 is 1.00 bits per heavy atom. The average Bonchev–Trinajstić information content (AvgIpc) is 1.96. The van der Waals surface area contributed by atoms with E-state index in [9.17, 15) is 9.59 Å². The second kappa shape index (κ2) is 3.68. The molecule has 0 aromatic rings. The van der Waals surface area contributed by atoms with Crippen LogP contribution in [0.25, 0.3) is 0 Å². The Kier molecular flexibility index (Phi) is 2.64. The Bertz CT molecular complexity index is 267. The van der Waals surface area contributed by atoms with Gasteiger partial charge in [-0.1, -0.05) is 0 Å². The van der Waals surface area contributed by atoms with Crippen molar-refractivity contribution in [3.63, 3.8) is 0 Å². The van der Waals surface area contributed by atoms with E-state index in [0.29, 0.717) is 12.8 Å². The smallest absolute Gasteiger partial charge is 0.182 e. The van der Waals surface area contributed by atoms with Crippen molar-refractivity contribution < 1.29 is 19.1 Å². The fourth-order valence-corrected chi connectivity index (χ4v) is 2.46. The third kappa shape index (κ3) is 2.26. The number of ether oxygens (including phenoxy) is 2. The minimum atomic E-state index is -0.955. The Morgan fingerprint density at radius 3 is 1.73 bits per heavy atom. The molecular formula is C11H16O4. The monoisotopic (exact) mass is 212 g/mol. The van der Waals surface area contributed by atoms with Crippen molar-refractivity contribution in [1.29, 1.82) is 0 Å². The van der Waals surface area contributed by atoms with Crippen molar-refractivity contribution >= 4 is 11.6 Å². The van der Waals surface area contributed by atoms with Gasteiger partial charge in [-0.25, -0.2) is 0 Å². The summed E-state index contributed by atoms with van der Waals surface area (Å²) in [5.74, 6) is -0.713. The summed E-state index contributed by atoms with van der Waals surface area (Å²) < 4.78 is 11.3. The second-order valence-corrected chi connectivity index (χ2v) is 4.61. The summed E-state index contributed by atoms with van der Waals surface area (Å²) in [6, 6.07) is 0. The van der Waals surface area contributed by atoms with E-state index in [1.54, 1.807) is 0 Å². The number of carbonyl (C=O) groups is 2. The van der Waals surface area contributed by atoms with Crippen molar-refractivity contribution in [3.8, 4) is 0 Å². The van der Waals surface area contributed by atoms with E-state index in [-0.39, 0.29) is 36.6 Å². The van der Waals surface area contributed by atoms with Crippen molar-refractivity contribution in [3.05, 3.63) is 0 Å². The van der Waals surface area contributed by atoms with Crippen molar-refractivity contribution in [2.45, 2.75) is 57.5 Å². The van der Waals surface area contributed by atoms with E-state index in [0.717, 1.165) is 0 Å². The first-order valence-corrected chi connectivity index (χ1v) is 5.38. The molecule has 0 amide bonds. The summed E-state index contributed by atoms with van der Waals surface area (Å²) in [7, 11) is 0. The molecule has 2 atom stereocenters. The second-order valence-electron chi connectivity index (χ2n) is 4.61. The lowest BCUT2D eigenvalue weighted by atomic mass is 9.92. The van der Waals surface area contributed by atoms with Crippen LogP contribution < -0.4 is 0 Å². The molecule has 2 aliphatic heterocycles. The minimum Gasteiger partial charge on any atom is -0.346 e. The number of rotatable bonds is 0. The molecule has 4 heteroatoms. The first kappa shape index (κ1) is 10.8. The topological polar surface area (TPSA) is 52.6 Å². The fourth-order valence-electron chi connectivity index (χ4n) is 2.46. The highest BCUT2D eigenvalue weighted by Crippen LogP contribution is 2.36. The lowest BCUT2D eigenvalue weighted by Gasteiger charge is -2.43. The molecule has 0 N–H and O–H groups in total. The van der Waals surface area contributed by atoms with Gasteiger partial charge in [0, 0.05) is 12.8 Å². The molecule has 0 aromatic carbocycles. The molecule has 2 fully saturated rings. The van der Waals surface area contributed by atoms with Gasteiger partial charge < -0.3 is 9.47 Å². The Morgan fingerprint density at radius 2 is 1.40 bits per heavy atom. The summed E-state index contributed by atoms with van der Waals surface area (Å²) in [6.45, 7) is 3.68. The predicted octanol–water partition coefficient (Wildman–Crippen LogP) is 1.22. The molecule has 2 aliphatic rings. The molecule has 4 nitrogen and oxygen atoms in total. The summed E-state index contributed by atoms with van der Waals surface area (Å²) in [4.78, 5) is 23.0. The van der Waals surface area contributed by atoms with E-state index in [1.807, 2.05) is 13.8 Å². The standard InChI is InChI=1S/C11H16O4/c1-7-3-9(12)5-11(14-7)6-10(13)4-8(2)15-11/h7-8H,3-6H2,1-2H3. The molecule has 0 aliphatic carbocycles. The van der Waals surface area contributed by atoms with Crippen LogP contribution in [-0.2, 0) is 19.1 Å². The molecule has 0 radical (unpaired) electrons. The zero-order valence-electron chi connectivity index (χ0n) is 9.12. The third-order valence-corrected chi connectivity index (χ3v) is 2.80. The number of hydrogen-bond donors (Lipinski definition) is 0. The van der Waals surface area contributed by atoms with Crippen LogP contribution in [0, 0.1) is 0 Å². The number of ketones is 2. The van der Waals surface area contributed by atoms with Gasteiger partial charge in [0.25, 0.3) is 0 Å². The molecule has 1 spiro atoms. The van der Waals surface area contributed by atoms with Gasteiger partial charge in [-0.15, -0.1) is 0 Å². The quantitative estimate of drug-likeness (QED) is 0.605. The van der Waals surface area contributed by atoms with E-state index < -0.39 is 5.79 Å². The summed E-state index contributed by atoms with van der Waals surface area (Å²) in [5, 5.41) is 0. The van der Waals surface area contributed by atoms with E-state index in [1.165, 1.54) is 0 Å². The van der Waals surface area contributed by atoms with Crippen LogP contribution in [0.3, 0.4) is 0 Å². The Labute approximate surface area is 88.9 Å². The summed E-state index contributed by atoms with van der Waals surface area (Å²) in [5.41, 5.74) is 0. The van der Waals surface area contributed by atoms with Crippen LogP contribution in [0.2, 0.25) is 0 Å². The highest BCUT2D eigenvalue weighted by molar-refractivity contribution is 5.84. The number of hydrogen-bond acceptors (Lipinski definition) is 4. The molecule has 15 heavy (non-hydrogen) atoms. The maximum Gasteiger partial charge on any atom is 0.182 e. The Hall–Kier alpha value is -0.740. The van der Waals surface area contributed by atoms with Crippen LogP contribution in [0.4, 0.5) is 0 Å². The maximum atomic E-state index is 11.5. The number of carbonyl (C=O) groups excluding carboxylic acids is 2. The molecule has 0 bridgehead atoms. The van der Waals surface area contributed by atoms with Gasteiger partial charge >= 0.3 is 0 Å². The van der Waals surface area contributed by atoms with Crippen LogP contribution in [0.15, 0.2) is 0 Å². The maximum absolute atomic E-state index is 11.5. The molecule has 0 aromatic heterocycles. The Balaban J connectivity index is 2.16. The van der Waals surface area contributed by atoms with Gasteiger partial charge in [-0.3, -0.25) is 9.59 Å². The average molecular weight is 212 g/mol. The summed E-state index contributed by atoms with van der Waals surface area (Å²) >= 11 is 0. The molecular weight excluding hydrogens is 196 g/mol. The van der Waals surface area contributed by atoms with Crippen molar-refractivity contribution in [2.75, 3.05) is 0 Å². The SMILES string of the molecule is CC1CC(=O)CC2(CC(=O)CC(C)O2)O1. The van der Waals surface area contributed by atoms with Gasteiger partial charge in [0.05, 0.1) is 25.0 Å². The molecule has 84 valence electrons. The summed E-state index contributed by atoms with van der Waals surface area (Å²) in [6.07, 6.45) is 0.982. The highest BCUT2D eigenvalue weighted by Gasteiger charge is 2.46. The molecule has 2 heterocycles. The zero-order valence-corrected chi connectivity index (χ0v) is 9.12. The first-order chi connectivity index (χ1) is 6.99. The first-order valence-electron chi connectivity index (χ1n) is 5.38. The lowest BCUT2D eigenvalue weighted by molar-refractivity contribution is -0.291. The lowest BCUT2D eigenvalue weighted by Crippen LogP contribution is -2.51. The third-order valence-electron chi connectivity index (χ3n) is 2.80. The highest BCUT2D eigenvalue weighted by atomic mass is 16.7. The van der Waals surface area contributed by atoms with E-state index >= 15 is 0 Å². The zero-order chi connectivity index (χ0) is 11.1. The minimum absolute atomic E-state index is 0.121. The van der Waals surface area contributed by atoms with Crippen molar-refractivity contribution in [2.24, 2.45) is 0 Å². The van der Waals surface area contributed by atoms with Gasteiger partial charge in [0.1, 0.15) is 11.6 Å². The van der Waals surface area contributed by atoms with Gasteiger partial charge in [-0.2, -0.15) is 0 Å². The molecule has 2 saturated heterocycles.